The van der Waals surface area contributed by atoms with Gasteiger partial charge >= 0.3 is 0 Å². The van der Waals surface area contributed by atoms with Gasteiger partial charge in [0.25, 0.3) is 0 Å². The first-order chi connectivity index (χ1) is 7.22. The molecule has 0 radical (unpaired) electrons. The van der Waals surface area contributed by atoms with E-state index in [1.165, 1.54) is 0 Å². The SMILES string of the molecule is C=CCc1cccc2nc(N)nc(N)c12. The maximum atomic E-state index is 5.82. The Labute approximate surface area is 87.6 Å². The van der Waals surface area contributed by atoms with Crippen molar-refractivity contribution in [2.75, 3.05) is 11.5 Å². The van der Waals surface area contributed by atoms with Gasteiger partial charge in [-0.05, 0) is 18.1 Å². The van der Waals surface area contributed by atoms with E-state index >= 15 is 0 Å². The van der Waals surface area contributed by atoms with Crippen LogP contribution in [0.4, 0.5) is 11.8 Å². The van der Waals surface area contributed by atoms with Crippen LogP contribution in [-0.4, -0.2) is 9.97 Å². The van der Waals surface area contributed by atoms with Gasteiger partial charge in [0.2, 0.25) is 5.95 Å². The molecule has 0 saturated carbocycles. The van der Waals surface area contributed by atoms with Crippen molar-refractivity contribution in [2.24, 2.45) is 0 Å². The van der Waals surface area contributed by atoms with Gasteiger partial charge < -0.3 is 11.5 Å². The van der Waals surface area contributed by atoms with E-state index in [2.05, 4.69) is 16.5 Å². The largest absolute Gasteiger partial charge is 0.383 e. The minimum atomic E-state index is 0.204. The van der Waals surface area contributed by atoms with Gasteiger partial charge in [-0.1, -0.05) is 18.2 Å². The van der Waals surface area contributed by atoms with Crippen molar-refractivity contribution in [3.05, 3.63) is 36.4 Å². The third kappa shape index (κ3) is 1.61. The van der Waals surface area contributed by atoms with Gasteiger partial charge in [-0.15, -0.1) is 6.58 Å². The lowest BCUT2D eigenvalue weighted by atomic mass is 10.1. The van der Waals surface area contributed by atoms with Crippen molar-refractivity contribution >= 4 is 22.7 Å². The van der Waals surface area contributed by atoms with Crippen molar-refractivity contribution in [3.63, 3.8) is 0 Å². The zero-order valence-electron chi connectivity index (χ0n) is 8.27. The summed E-state index contributed by atoms with van der Waals surface area (Å²) >= 11 is 0. The standard InChI is InChI=1S/C11H12N4/c1-2-4-7-5-3-6-8-9(7)10(12)15-11(13)14-8/h2-3,5-6H,1,4H2,(H4,12,13,14,15). The van der Waals surface area contributed by atoms with Crippen LogP contribution in [0.1, 0.15) is 5.56 Å². The van der Waals surface area contributed by atoms with E-state index in [0.717, 1.165) is 22.9 Å². The predicted molar refractivity (Wildman–Crippen MR) is 62.3 cm³/mol. The summed E-state index contributed by atoms with van der Waals surface area (Å²) < 4.78 is 0. The molecule has 0 saturated heterocycles. The molecule has 0 aliphatic carbocycles. The fourth-order valence-electron chi connectivity index (χ4n) is 1.63. The number of hydrogen-bond donors (Lipinski definition) is 2. The first kappa shape index (κ1) is 9.45. The van der Waals surface area contributed by atoms with Gasteiger partial charge in [-0.2, -0.15) is 4.98 Å². The summed E-state index contributed by atoms with van der Waals surface area (Å²) in [6.07, 6.45) is 2.57. The smallest absolute Gasteiger partial charge is 0.222 e. The average molecular weight is 200 g/mol. The fourth-order valence-corrected chi connectivity index (χ4v) is 1.63. The highest BCUT2D eigenvalue weighted by atomic mass is 15.0. The Morgan fingerprint density at radius 3 is 2.80 bits per heavy atom. The number of rotatable bonds is 2. The normalized spacial score (nSPS) is 10.4. The second kappa shape index (κ2) is 3.57. The quantitative estimate of drug-likeness (QED) is 0.720. The van der Waals surface area contributed by atoms with E-state index in [1.807, 2.05) is 24.3 Å². The first-order valence-electron chi connectivity index (χ1n) is 4.64. The summed E-state index contributed by atoms with van der Waals surface area (Å²) in [5, 5.41) is 0.867. The summed E-state index contributed by atoms with van der Waals surface area (Å²) in [7, 11) is 0. The lowest BCUT2D eigenvalue weighted by Gasteiger charge is -2.06. The molecule has 2 rings (SSSR count). The van der Waals surface area contributed by atoms with Gasteiger partial charge in [0.15, 0.2) is 0 Å². The number of fused-ring (bicyclic) bond motifs is 1. The Bertz CT molecular complexity index is 519. The second-order valence-corrected chi connectivity index (χ2v) is 3.27. The Kier molecular flexibility index (Phi) is 2.25. The van der Waals surface area contributed by atoms with Gasteiger partial charge in [0, 0.05) is 5.39 Å². The summed E-state index contributed by atoms with van der Waals surface area (Å²) in [4.78, 5) is 8.09. The Hall–Kier alpha value is -2.10. The van der Waals surface area contributed by atoms with Crippen molar-refractivity contribution in [2.45, 2.75) is 6.42 Å². The highest BCUT2D eigenvalue weighted by molar-refractivity contribution is 5.92. The molecule has 76 valence electrons. The molecule has 0 bridgehead atoms. The third-order valence-electron chi connectivity index (χ3n) is 2.22. The zero-order valence-corrected chi connectivity index (χ0v) is 8.27. The Morgan fingerprint density at radius 2 is 2.07 bits per heavy atom. The maximum Gasteiger partial charge on any atom is 0.222 e. The van der Waals surface area contributed by atoms with Crippen LogP contribution in [0.5, 0.6) is 0 Å². The van der Waals surface area contributed by atoms with Gasteiger partial charge in [-0.3, -0.25) is 0 Å². The Balaban J connectivity index is 2.78. The van der Waals surface area contributed by atoms with Crippen LogP contribution in [0.3, 0.4) is 0 Å². The summed E-state index contributed by atoms with van der Waals surface area (Å²) in [5.74, 6) is 0.630. The number of benzene rings is 1. The molecule has 0 unspecified atom stereocenters. The van der Waals surface area contributed by atoms with E-state index in [-0.39, 0.29) is 5.95 Å². The summed E-state index contributed by atoms with van der Waals surface area (Å²) in [5.41, 5.74) is 13.2. The number of anilines is 2. The summed E-state index contributed by atoms with van der Waals surface area (Å²) in [6.45, 7) is 3.70. The third-order valence-corrected chi connectivity index (χ3v) is 2.22. The lowest BCUT2D eigenvalue weighted by Crippen LogP contribution is -2.02. The Morgan fingerprint density at radius 1 is 1.27 bits per heavy atom. The van der Waals surface area contributed by atoms with Gasteiger partial charge in [0.05, 0.1) is 5.52 Å². The average Bonchev–Trinajstić information content (AvgIpc) is 2.17. The predicted octanol–water partition coefficient (Wildman–Crippen LogP) is 1.52. The van der Waals surface area contributed by atoms with E-state index in [1.54, 1.807) is 0 Å². The number of aromatic nitrogens is 2. The van der Waals surface area contributed by atoms with Crippen LogP contribution in [0.25, 0.3) is 10.9 Å². The van der Waals surface area contributed by atoms with Crippen LogP contribution in [0.15, 0.2) is 30.9 Å². The molecule has 2 aromatic rings. The molecule has 0 aliphatic rings. The second-order valence-electron chi connectivity index (χ2n) is 3.27. The molecular weight excluding hydrogens is 188 g/mol. The number of nitrogen functional groups attached to an aromatic ring is 2. The molecule has 4 nitrogen and oxygen atoms in total. The van der Waals surface area contributed by atoms with Crippen LogP contribution < -0.4 is 11.5 Å². The van der Waals surface area contributed by atoms with Crippen LogP contribution in [0, 0.1) is 0 Å². The molecule has 0 atom stereocenters. The molecule has 4 N–H and O–H groups in total. The minimum Gasteiger partial charge on any atom is -0.383 e. The maximum absolute atomic E-state index is 5.82. The molecule has 0 spiro atoms. The molecule has 1 aromatic heterocycles. The van der Waals surface area contributed by atoms with E-state index < -0.39 is 0 Å². The molecule has 1 aromatic carbocycles. The topological polar surface area (TPSA) is 77.8 Å². The molecule has 1 heterocycles. The monoisotopic (exact) mass is 200 g/mol. The molecule has 0 fully saturated rings. The van der Waals surface area contributed by atoms with Gasteiger partial charge in [0.1, 0.15) is 5.82 Å². The summed E-state index contributed by atoms with van der Waals surface area (Å²) in [6, 6.07) is 5.78. The molecule has 4 heteroatoms. The molecular formula is C11H12N4. The number of nitrogens with two attached hydrogens (primary N) is 2. The highest BCUT2D eigenvalue weighted by Crippen LogP contribution is 2.23. The van der Waals surface area contributed by atoms with Crippen molar-refractivity contribution in [1.29, 1.82) is 0 Å². The van der Waals surface area contributed by atoms with Crippen LogP contribution >= 0.6 is 0 Å². The lowest BCUT2D eigenvalue weighted by molar-refractivity contribution is 1.22. The van der Waals surface area contributed by atoms with Crippen molar-refractivity contribution in [1.82, 2.24) is 9.97 Å². The minimum absolute atomic E-state index is 0.204. The van der Waals surface area contributed by atoms with E-state index in [0.29, 0.717) is 5.82 Å². The number of nitrogens with zero attached hydrogens (tertiary/aromatic N) is 2. The zero-order chi connectivity index (χ0) is 10.8. The van der Waals surface area contributed by atoms with Crippen LogP contribution in [-0.2, 0) is 6.42 Å². The van der Waals surface area contributed by atoms with Crippen molar-refractivity contribution < 1.29 is 0 Å². The number of allylic oxidation sites excluding steroid dienone is 1. The first-order valence-corrected chi connectivity index (χ1v) is 4.64. The van der Waals surface area contributed by atoms with Crippen molar-refractivity contribution in [3.8, 4) is 0 Å². The molecule has 15 heavy (non-hydrogen) atoms. The van der Waals surface area contributed by atoms with Gasteiger partial charge in [-0.25, -0.2) is 4.98 Å². The number of hydrogen-bond acceptors (Lipinski definition) is 4. The van der Waals surface area contributed by atoms with E-state index in [9.17, 15) is 0 Å². The van der Waals surface area contributed by atoms with Crippen LogP contribution in [0.2, 0.25) is 0 Å². The fraction of sp³-hybridized carbons (Fsp3) is 0.0909. The van der Waals surface area contributed by atoms with E-state index in [4.69, 9.17) is 11.5 Å². The molecule has 0 aliphatic heterocycles. The molecule has 0 amide bonds. The highest BCUT2D eigenvalue weighted by Gasteiger charge is 2.06.